The molecule has 1 N–H and O–H groups in total. The molecule has 4 nitrogen and oxygen atoms in total. The number of ether oxygens (including phenoxy) is 1. The predicted octanol–water partition coefficient (Wildman–Crippen LogP) is 1.38. The molecule has 3 unspecified atom stereocenters. The van der Waals surface area contributed by atoms with Crippen LogP contribution in [0, 0.1) is 17.2 Å². The van der Waals surface area contributed by atoms with Gasteiger partial charge in [0.15, 0.2) is 0 Å². The summed E-state index contributed by atoms with van der Waals surface area (Å²) < 4.78 is 5.04. The number of hydrogen-bond acceptors (Lipinski definition) is 4. The average Bonchev–Trinajstić information content (AvgIpc) is 2.46. The number of nitrogens with zero attached hydrogens (tertiary/aromatic N) is 1. The van der Waals surface area contributed by atoms with Gasteiger partial charge in [-0.25, -0.2) is 0 Å². The molecule has 0 aromatic heterocycles. The number of esters is 1. The number of aliphatic hydroxyl groups is 1. The predicted molar refractivity (Wildman–Crippen MR) is 53.7 cm³/mol. The molecule has 1 aliphatic heterocycles. The first kappa shape index (κ1) is 12.0. The van der Waals surface area contributed by atoms with Crippen molar-refractivity contribution < 1.29 is 14.6 Å². The van der Waals surface area contributed by atoms with Gasteiger partial charge in [-0.3, -0.25) is 4.79 Å². The van der Waals surface area contributed by atoms with Crippen LogP contribution in [0.3, 0.4) is 0 Å². The molecule has 1 heterocycles. The lowest BCUT2D eigenvalue weighted by atomic mass is 9.99. The van der Waals surface area contributed by atoms with Crippen LogP contribution in [0.25, 0.3) is 0 Å². The highest BCUT2D eigenvalue weighted by molar-refractivity contribution is 5.75. The highest BCUT2D eigenvalue weighted by Gasteiger charge is 2.39. The van der Waals surface area contributed by atoms with E-state index < -0.39 is 12.0 Å². The van der Waals surface area contributed by atoms with E-state index in [0.717, 1.165) is 19.3 Å². The summed E-state index contributed by atoms with van der Waals surface area (Å²) in [6, 6.07) is 2.08. The van der Waals surface area contributed by atoms with Crippen LogP contribution < -0.4 is 0 Å². The third kappa shape index (κ3) is 3.21. The minimum Gasteiger partial charge on any atom is -0.459 e. The Morgan fingerprint density at radius 3 is 2.73 bits per heavy atom. The van der Waals surface area contributed by atoms with Crippen molar-refractivity contribution >= 4 is 5.97 Å². The SMILES string of the molecule is CC1C(=O)OC(CCCCCC#N)C1O. The summed E-state index contributed by atoms with van der Waals surface area (Å²) in [4.78, 5) is 11.1. The molecule has 0 aromatic carbocycles. The van der Waals surface area contributed by atoms with Gasteiger partial charge in [0.05, 0.1) is 12.0 Å². The standard InChI is InChI=1S/C11H17NO3/c1-8-10(13)9(15-11(8)14)6-4-2-3-5-7-12/h8-10,13H,2-6H2,1H3. The molecule has 0 radical (unpaired) electrons. The van der Waals surface area contributed by atoms with Crippen LogP contribution >= 0.6 is 0 Å². The fourth-order valence-corrected chi connectivity index (χ4v) is 1.74. The van der Waals surface area contributed by atoms with Crippen LogP contribution in [0.4, 0.5) is 0 Å². The van der Waals surface area contributed by atoms with Crippen LogP contribution in [-0.2, 0) is 9.53 Å². The monoisotopic (exact) mass is 211 g/mol. The van der Waals surface area contributed by atoms with E-state index in [4.69, 9.17) is 10.00 Å². The molecule has 0 aliphatic carbocycles. The molecule has 1 saturated heterocycles. The lowest BCUT2D eigenvalue weighted by Gasteiger charge is -2.13. The third-order valence-corrected chi connectivity index (χ3v) is 2.81. The van der Waals surface area contributed by atoms with Gasteiger partial charge in [-0.1, -0.05) is 6.42 Å². The second-order valence-electron chi connectivity index (χ2n) is 4.01. The summed E-state index contributed by atoms with van der Waals surface area (Å²) in [5.41, 5.74) is 0. The quantitative estimate of drug-likeness (QED) is 0.551. The fraction of sp³-hybridized carbons (Fsp3) is 0.818. The molecule has 0 bridgehead atoms. The van der Waals surface area contributed by atoms with E-state index in [9.17, 15) is 9.90 Å². The minimum absolute atomic E-state index is 0.301. The maximum Gasteiger partial charge on any atom is 0.311 e. The van der Waals surface area contributed by atoms with Gasteiger partial charge in [0.2, 0.25) is 0 Å². The normalized spacial score (nSPS) is 29.9. The van der Waals surface area contributed by atoms with Crippen LogP contribution in [0.5, 0.6) is 0 Å². The summed E-state index contributed by atoms with van der Waals surface area (Å²) in [5.74, 6) is -0.696. The van der Waals surface area contributed by atoms with Crippen LogP contribution in [0.2, 0.25) is 0 Å². The largest absolute Gasteiger partial charge is 0.459 e. The Hall–Kier alpha value is -1.08. The molecule has 0 saturated carbocycles. The average molecular weight is 211 g/mol. The number of rotatable bonds is 5. The second kappa shape index (κ2) is 5.72. The zero-order valence-electron chi connectivity index (χ0n) is 8.98. The van der Waals surface area contributed by atoms with Gasteiger partial charge in [-0.15, -0.1) is 0 Å². The third-order valence-electron chi connectivity index (χ3n) is 2.81. The second-order valence-corrected chi connectivity index (χ2v) is 4.01. The first-order valence-corrected chi connectivity index (χ1v) is 5.42. The molecule has 1 aliphatic rings. The maximum absolute atomic E-state index is 11.1. The van der Waals surface area contributed by atoms with E-state index in [-0.39, 0.29) is 12.1 Å². The van der Waals surface area contributed by atoms with E-state index >= 15 is 0 Å². The zero-order valence-corrected chi connectivity index (χ0v) is 8.98. The van der Waals surface area contributed by atoms with Gasteiger partial charge < -0.3 is 9.84 Å². The number of unbranched alkanes of at least 4 members (excludes halogenated alkanes) is 3. The highest BCUT2D eigenvalue weighted by atomic mass is 16.6. The van der Waals surface area contributed by atoms with Gasteiger partial charge in [0.25, 0.3) is 0 Å². The Bertz CT molecular complexity index is 259. The number of carbonyl (C=O) groups is 1. The lowest BCUT2D eigenvalue weighted by Crippen LogP contribution is -2.24. The molecule has 0 amide bonds. The van der Waals surface area contributed by atoms with E-state index in [2.05, 4.69) is 6.07 Å². The van der Waals surface area contributed by atoms with Crippen molar-refractivity contribution in [2.24, 2.45) is 5.92 Å². The number of nitriles is 1. The van der Waals surface area contributed by atoms with Crippen molar-refractivity contribution in [3.63, 3.8) is 0 Å². The molecular weight excluding hydrogens is 194 g/mol. The Kier molecular flexibility index (Phi) is 4.57. The smallest absolute Gasteiger partial charge is 0.311 e. The summed E-state index contributed by atoms with van der Waals surface area (Å²) in [5, 5.41) is 18.0. The van der Waals surface area contributed by atoms with Crippen molar-refractivity contribution in [1.82, 2.24) is 0 Å². The topological polar surface area (TPSA) is 70.3 Å². The van der Waals surface area contributed by atoms with Gasteiger partial charge in [-0.05, 0) is 26.2 Å². The zero-order chi connectivity index (χ0) is 11.3. The first-order chi connectivity index (χ1) is 7.16. The molecule has 1 rings (SSSR count). The number of carbonyl (C=O) groups excluding carboxylic acids is 1. The van der Waals surface area contributed by atoms with Crippen LogP contribution in [0.1, 0.15) is 39.0 Å². The molecule has 3 atom stereocenters. The highest BCUT2D eigenvalue weighted by Crippen LogP contribution is 2.25. The van der Waals surface area contributed by atoms with E-state index in [0.29, 0.717) is 12.8 Å². The van der Waals surface area contributed by atoms with E-state index in [1.54, 1.807) is 6.92 Å². The van der Waals surface area contributed by atoms with Crippen molar-refractivity contribution in [3.05, 3.63) is 0 Å². The number of cyclic esters (lactones) is 1. The first-order valence-electron chi connectivity index (χ1n) is 5.42. The Morgan fingerprint density at radius 2 is 2.20 bits per heavy atom. The molecule has 1 fully saturated rings. The lowest BCUT2D eigenvalue weighted by molar-refractivity contribution is -0.144. The molecule has 4 heteroatoms. The van der Waals surface area contributed by atoms with Gasteiger partial charge in [-0.2, -0.15) is 5.26 Å². The molecule has 84 valence electrons. The Labute approximate surface area is 89.8 Å². The van der Waals surface area contributed by atoms with Crippen LogP contribution in [-0.4, -0.2) is 23.3 Å². The summed E-state index contributed by atoms with van der Waals surface area (Å²) in [6.45, 7) is 1.68. The molecule has 0 spiro atoms. The molecule has 15 heavy (non-hydrogen) atoms. The minimum atomic E-state index is -0.659. The van der Waals surface area contributed by atoms with Gasteiger partial charge in [0.1, 0.15) is 12.2 Å². The number of hydrogen-bond donors (Lipinski definition) is 1. The van der Waals surface area contributed by atoms with Gasteiger partial charge >= 0.3 is 5.97 Å². The van der Waals surface area contributed by atoms with Gasteiger partial charge in [0, 0.05) is 6.42 Å². The van der Waals surface area contributed by atoms with Crippen molar-refractivity contribution in [2.45, 2.75) is 51.2 Å². The van der Waals surface area contributed by atoms with Crippen molar-refractivity contribution in [3.8, 4) is 6.07 Å². The van der Waals surface area contributed by atoms with Crippen LogP contribution in [0.15, 0.2) is 0 Å². The molecule has 0 aromatic rings. The summed E-state index contributed by atoms with van der Waals surface area (Å²) in [6.07, 6.45) is 2.99. The number of aliphatic hydroxyl groups excluding tert-OH is 1. The van der Waals surface area contributed by atoms with Crippen molar-refractivity contribution in [1.29, 1.82) is 5.26 Å². The summed E-state index contributed by atoms with van der Waals surface area (Å²) >= 11 is 0. The maximum atomic E-state index is 11.1. The van der Waals surface area contributed by atoms with Crippen molar-refractivity contribution in [2.75, 3.05) is 0 Å². The Balaban J connectivity index is 2.17. The summed E-state index contributed by atoms with van der Waals surface area (Å²) in [7, 11) is 0. The fourth-order valence-electron chi connectivity index (χ4n) is 1.74. The van der Waals surface area contributed by atoms with E-state index in [1.807, 2.05) is 0 Å². The Morgan fingerprint density at radius 1 is 1.47 bits per heavy atom. The van der Waals surface area contributed by atoms with E-state index in [1.165, 1.54) is 0 Å². The molecular formula is C11H17NO3.